The number of nitro groups is 1. The number of nitro benzene ring substituents is 1. The summed E-state index contributed by atoms with van der Waals surface area (Å²) >= 11 is 0. The van der Waals surface area contributed by atoms with Crippen LogP contribution in [0.25, 0.3) is 0 Å². The topological polar surface area (TPSA) is 132 Å². The molecule has 0 spiro atoms. The van der Waals surface area contributed by atoms with E-state index in [-0.39, 0.29) is 29.9 Å². The van der Waals surface area contributed by atoms with Crippen molar-refractivity contribution in [1.29, 1.82) is 0 Å². The lowest BCUT2D eigenvalue weighted by atomic mass is 9.82. The Bertz CT molecular complexity index is 967. The highest BCUT2D eigenvalue weighted by Crippen LogP contribution is 2.46. The number of rotatable bonds is 6. The highest BCUT2D eigenvalue weighted by molar-refractivity contribution is 6.01. The fourth-order valence-corrected chi connectivity index (χ4v) is 4.19. The van der Waals surface area contributed by atoms with Gasteiger partial charge in [-0.15, -0.1) is 0 Å². The fraction of sp³-hybridized carbons (Fsp3) is 0.450. The third kappa shape index (κ3) is 3.32. The number of benzene rings is 1. The van der Waals surface area contributed by atoms with Crippen LogP contribution in [0.1, 0.15) is 32.3 Å². The molecule has 4 atom stereocenters. The monoisotopic (exact) mass is 415 g/mol. The third-order valence-electron chi connectivity index (χ3n) is 5.68. The Morgan fingerprint density at radius 1 is 1.40 bits per heavy atom. The number of hydrogen-bond acceptors (Lipinski definition) is 8. The molecule has 4 rings (SSSR count). The molecule has 0 aromatic heterocycles. The van der Waals surface area contributed by atoms with Gasteiger partial charge in [0.15, 0.2) is 6.10 Å². The van der Waals surface area contributed by atoms with Crippen molar-refractivity contribution < 1.29 is 29.2 Å². The van der Waals surface area contributed by atoms with E-state index in [1.807, 2.05) is 6.92 Å². The summed E-state index contributed by atoms with van der Waals surface area (Å²) in [7, 11) is 0. The van der Waals surface area contributed by atoms with Gasteiger partial charge in [-0.25, -0.2) is 4.79 Å². The Morgan fingerprint density at radius 2 is 2.10 bits per heavy atom. The number of oxime groups is 1. The number of fused-ring (bicyclic) bond motifs is 1. The summed E-state index contributed by atoms with van der Waals surface area (Å²) in [5.74, 6) is -1.55. The normalized spacial score (nSPS) is 26.0. The third-order valence-corrected chi connectivity index (χ3v) is 5.68. The Labute approximate surface area is 171 Å². The smallest absolute Gasteiger partial charge is 0.355 e. The number of non-ortho nitro benzene ring substituents is 1. The lowest BCUT2D eigenvalue weighted by Gasteiger charge is -2.44. The molecule has 1 amide bonds. The van der Waals surface area contributed by atoms with Gasteiger partial charge in [0.1, 0.15) is 12.3 Å². The van der Waals surface area contributed by atoms with Crippen molar-refractivity contribution in [1.82, 2.24) is 4.90 Å². The van der Waals surface area contributed by atoms with Crippen LogP contribution in [0.3, 0.4) is 0 Å². The predicted octanol–water partition coefficient (Wildman–Crippen LogP) is 1.67. The van der Waals surface area contributed by atoms with E-state index < -0.39 is 29.0 Å². The lowest BCUT2D eigenvalue weighted by Crippen LogP contribution is -2.61. The molecule has 0 unspecified atom stereocenters. The van der Waals surface area contributed by atoms with Gasteiger partial charge in [-0.3, -0.25) is 14.9 Å². The number of aliphatic hydroxyl groups excluding tert-OH is 1. The van der Waals surface area contributed by atoms with Gasteiger partial charge in [0.2, 0.25) is 5.91 Å². The minimum atomic E-state index is -0.821. The van der Waals surface area contributed by atoms with Crippen LogP contribution in [0, 0.1) is 16.0 Å². The molecule has 10 nitrogen and oxygen atoms in total. The standard InChI is InChI=1S/C20H21N3O7/c1-10-7-16(30-21-10)14-8-15-17(11(2)24)19(25)22(15)18(14)20(26)29-9-12-3-5-13(6-4-12)23(27)28/h3-6,11,15-17,24H,7-9H2,1-2H3/t11-,15-,16+,17-/m1/s1. The summed E-state index contributed by atoms with van der Waals surface area (Å²) in [6.07, 6.45) is -0.336. The molecule has 3 aliphatic heterocycles. The van der Waals surface area contributed by atoms with Crippen LogP contribution in [0.2, 0.25) is 0 Å². The first-order valence-electron chi connectivity index (χ1n) is 9.62. The number of ether oxygens (including phenoxy) is 1. The molecule has 3 aliphatic rings. The van der Waals surface area contributed by atoms with Crippen LogP contribution in [0.5, 0.6) is 0 Å². The van der Waals surface area contributed by atoms with Crippen LogP contribution in [0.4, 0.5) is 5.69 Å². The van der Waals surface area contributed by atoms with Gasteiger partial charge in [-0.1, -0.05) is 5.16 Å². The van der Waals surface area contributed by atoms with E-state index in [1.165, 1.54) is 29.2 Å². The molecular weight excluding hydrogens is 394 g/mol. The van der Waals surface area contributed by atoms with E-state index in [0.717, 1.165) is 5.71 Å². The van der Waals surface area contributed by atoms with Gasteiger partial charge in [0.25, 0.3) is 5.69 Å². The molecule has 1 N–H and O–H groups in total. The summed E-state index contributed by atoms with van der Waals surface area (Å²) in [6.45, 7) is 3.28. The van der Waals surface area contributed by atoms with Crippen molar-refractivity contribution in [3.05, 3.63) is 51.2 Å². The van der Waals surface area contributed by atoms with Crippen LogP contribution in [0.15, 0.2) is 40.7 Å². The summed E-state index contributed by atoms with van der Waals surface area (Å²) < 4.78 is 5.41. The first-order chi connectivity index (χ1) is 14.3. The van der Waals surface area contributed by atoms with Gasteiger partial charge >= 0.3 is 5.97 Å². The number of hydrogen-bond donors (Lipinski definition) is 1. The van der Waals surface area contributed by atoms with E-state index >= 15 is 0 Å². The van der Waals surface area contributed by atoms with Gasteiger partial charge in [0, 0.05) is 24.1 Å². The van der Waals surface area contributed by atoms with Crippen LogP contribution < -0.4 is 0 Å². The van der Waals surface area contributed by atoms with Gasteiger partial charge in [0.05, 0.1) is 28.7 Å². The number of β-lactam (4-membered cyclic amide) rings is 1. The summed E-state index contributed by atoms with van der Waals surface area (Å²) in [5, 5.41) is 24.6. The average Bonchev–Trinajstić information content (AvgIpc) is 3.27. The van der Waals surface area contributed by atoms with Crippen molar-refractivity contribution in [2.24, 2.45) is 11.1 Å². The second-order valence-electron chi connectivity index (χ2n) is 7.74. The molecule has 1 aromatic rings. The number of aliphatic hydroxyl groups is 1. The Balaban J connectivity index is 1.53. The first-order valence-corrected chi connectivity index (χ1v) is 9.62. The predicted molar refractivity (Wildman–Crippen MR) is 103 cm³/mol. The maximum absolute atomic E-state index is 12.9. The maximum Gasteiger partial charge on any atom is 0.355 e. The second kappa shape index (κ2) is 7.52. The molecule has 1 aromatic carbocycles. The second-order valence-corrected chi connectivity index (χ2v) is 7.74. The van der Waals surface area contributed by atoms with Crippen LogP contribution >= 0.6 is 0 Å². The molecule has 0 aliphatic carbocycles. The minimum absolute atomic E-state index is 0.0576. The van der Waals surface area contributed by atoms with Crippen molar-refractivity contribution in [2.45, 2.75) is 51.5 Å². The molecule has 3 heterocycles. The van der Waals surface area contributed by atoms with Gasteiger partial charge in [-0.05, 0) is 38.0 Å². The Morgan fingerprint density at radius 3 is 2.67 bits per heavy atom. The summed E-state index contributed by atoms with van der Waals surface area (Å²) in [6, 6.07) is 5.37. The summed E-state index contributed by atoms with van der Waals surface area (Å²) in [5.41, 5.74) is 2.11. The Hall–Kier alpha value is -3.27. The lowest BCUT2D eigenvalue weighted by molar-refractivity contribution is -0.384. The molecule has 30 heavy (non-hydrogen) atoms. The molecule has 0 radical (unpaired) electrons. The number of carbonyl (C=O) groups is 2. The SMILES string of the molecule is CC1=NO[C@H](C2=C(C(=O)OCc3ccc([N+](=O)[O-])cc3)N3C(=O)[C@H]([C@@H](C)O)[C@H]3C2)C1. The zero-order valence-electron chi connectivity index (χ0n) is 16.5. The Kier molecular flexibility index (Phi) is 5.02. The molecule has 0 bridgehead atoms. The van der Waals surface area contributed by atoms with Crippen molar-refractivity contribution in [3.8, 4) is 0 Å². The number of carbonyl (C=O) groups excluding carboxylic acids is 2. The minimum Gasteiger partial charge on any atom is -0.456 e. The maximum atomic E-state index is 12.9. The van der Waals surface area contributed by atoms with E-state index in [2.05, 4.69) is 5.16 Å². The highest BCUT2D eigenvalue weighted by Gasteiger charge is 2.58. The molecule has 0 saturated carbocycles. The van der Waals surface area contributed by atoms with Gasteiger partial charge < -0.3 is 19.6 Å². The number of amides is 1. The van der Waals surface area contributed by atoms with E-state index in [1.54, 1.807) is 6.92 Å². The molecular formula is C20H21N3O7. The molecule has 10 heteroatoms. The van der Waals surface area contributed by atoms with Crippen molar-refractivity contribution in [3.63, 3.8) is 0 Å². The van der Waals surface area contributed by atoms with Crippen molar-refractivity contribution >= 4 is 23.3 Å². The van der Waals surface area contributed by atoms with Crippen molar-refractivity contribution in [2.75, 3.05) is 0 Å². The largest absolute Gasteiger partial charge is 0.456 e. The van der Waals surface area contributed by atoms with Gasteiger partial charge in [-0.2, -0.15) is 0 Å². The molecule has 158 valence electrons. The zero-order chi connectivity index (χ0) is 21.6. The van der Waals surface area contributed by atoms with Crippen LogP contribution in [-0.2, 0) is 25.8 Å². The molecule has 1 saturated heterocycles. The first kappa shape index (κ1) is 20.0. The molecule has 1 fully saturated rings. The van der Waals surface area contributed by atoms with E-state index in [0.29, 0.717) is 24.0 Å². The van der Waals surface area contributed by atoms with Crippen LogP contribution in [-0.4, -0.2) is 50.8 Å². The summed E-state index contributed by atoms with van der Waals surface area (Å²) in [4.78, 5) is 42.6. The zero-order valence-corrected chi connectivity index (χ0v) is 16.5. The highest BCUT2D eigenvalue weighted by atomic mass is 16.6. The number of nitrogens with zero attached hydrogens (tertiary/aromatic N) is 3. The quantitative estimate of drug-likeness (QED) is 0.323. The van der Waals surface area contributed by atoms with E-state index in [4.69, 9.17) is 9.57 Å². The fourth-order valence-electron chi connectivity index (χ4n) is 4.19. The van der Waals surface area contributed by atoms with E-state index in [9.17, 15) is 24.8 Å². The average molecular weight is 415 g/mol. The number of esters is 1.